The van der Waals surface area contributed by atoms with Crippen LogP contribution in [-0.2, 0) is 11.2 Å². The molecule has 172 valence electrons. The predicted molar refractivity (Wildman–Crippen MR) is 128 cm³/mol. The normalized spacial score (nSPS) is 18.6. The van der Waals surface area contributed by atoms with Gasteiger partial charge in [0.1, 0.15) is 22.1 Å². The van der Waals surface area contributed by atoms with E-state index in [1.165, 1.54) is 11.3 Å². The number of aliphatic carboxylic acids is 1. The molecule has 2 aliphatic rings. The van der Waals surface area contributed by atoms with Crippen LogP contribution in [-0.4, -0.2) is 47.7 Å². The lowest BCUT2D eigenvalue weighted by Gasteiger charge is -2.33. The Morgan fingerprint density at radius 1 is 1.24 bits per heavy atom. The first-order chi connectivity index (χ1) is 15.9. The number of carbonyl (C=O) groups is 2. The van der Waals surface area contributed by atoms with E-state index in [0.717, 1.165) is 46.0 Å². The molecule has 0 bridgehead atoms. The predicted octanol–water partition coefficient (Wildman–Crippen LogP) is 3.22. The zero-order valence-electron chi connectivity index (χ0n) is 18.3. The molecule has 8 nitrogen and oxygen atoms in total. The number of thiophene rings is 1. The summed E-state index contributed by atoms with van der Waals surface area (Å²) in [7, 11) is 0. The van der Waals surface area contributed by atoms with Crippen molar-refractivity contribution >= 4 is 44.8 Å². The number of carbonyl (C=O) groups excluding carboxylic acids is 1. The topological polar surface area (TPSA) is 118 Å². The molecule has 4 heterocycles. The van der Waals surface area contributed by atoms with E-state index in [2.05, 4.69) is 15.2 Å². The van der Waals surface area contributed by atoms with Gasteiger partial charge in [0, 0.05) is 35.9 Å². The number of benzene rings is 1. The maximum atomic E-state index is 12.9. The highest BCUT2D eigenvalue weighted by atomic mass is 32.1. The quantitative estimate of drug-likeness (QED) is 0.540. The maximum Gasteiger partial charge on any atom is 0.306 e. The third-order valence-electron chi connectivity index (χ3n) is 6.44. The summed E-state index contributed by atoms with van der Waals surface area (Å²) in [5.74, 6) is -0.350. The number of aryl methyl sites for hydroxylation is 1. The molecule has 0 spiro atoms. The van der Waals surface area contributed by atoms with Crippen LogP contribution in [0.2, 0.25) is 0 Å². The molecule has 33 heavy (non-hydrogen) atoms. The highest BCUT2D eigenvalue weighted by Crippen LogP contribution is 2.34. The number of anilines is 2. The standard InChI is InChI=1S/C24H26N4O4S/c1-13-2-5-18-20(25)21(33-23(18)26-13)22(29)27-16-10-15-3-4-17(11-19(15)32-12-16)28-8-6-14(7-9-28)24(30)31/h2-5,11,14,16H,6-10,12,25H2,1H3,(H,27,29)(H,30,31)/t16-/m1/s1. The lowest BCUT2D eigenvalue weighted by Crippen LogP contribution is -2.42. The van der Waals surface area contributed by atoms with Gasteiger partial charge in [-0.1, -0.05) is 6.07 Å². The number of piperidine rings is 1. The van der Waals surface area contributed by atoms with Crippen LogP contribution in [0.15, 0.2) is 30.3 Å². The number of fused-ring (bicyclic) bond motifs is 2. The number of nitrogen functional groups attached to an aromatic ring is 1. The first-order valence-electron chi connectivity index (χ1n) is 11.1. The minimum Gasteiger partial charge on any atom is -0.491 e. The van der Waals surface area contributed by atoms with Crippen molar-refractivity contribution in [2.75, 3.05) is 30.3 Å². The number of pyridine rings is 1. The van der Waals surface area contributed by atoms with Crippen molar-refractivity contribution in [1.29, 1.82) is 0 Å². The Kier molecular flexibility index (Phi) is 5.57. The van der Waals surface area contributed by atoms with E-state index < -0.39 is 5.97 Å². The molecule has 9 heteroatoms. The molecule has 0 aliphatic carbocycles. The van der Waals surface area contributed by atoms with Gasteiger partial charge in [-0.2, -0.15) is 0 Å². The van der Waals surface area contributed by atoms with Gasteiger partial charge < -0.3 is 25.8 Å². The van der Waals surface area contributed by atoms with Gasteiger partial charge in [-0.15, -0.1) is 11.3 Å². The average molecular weight is 467 g/mol. The summed E-state index contributed by atoms with van der Waals surface area (Å²) in [5.41, 5.74) is 9.66. The van der Waals surface area contributed by atoms with Crippen molar-refractivity contribution < 1.29 is 19.4 Å². The number of nitrogens with one attached hydrogen (secondary N) is 1. The van der Waals surface area contributed by atoms with Crippen molar-refractivity contribution in [1.82, 2.24) is 10.3 Å². The summed E-state index contributed by atoms with van der Waals surface area (Å²) in [5, 5.41) is 13.1. The van der Waals surface area contributed by atoms with Crippen molar-refractivity contribution in [2.24, 2.45) is 5.92 Å². The van der Waals surface area contributed by atoms with E-state index in [0.29, 0.717) is 36.4 Å². The minimum absolute atomic E-state index is 0.151. The van der Waals surface area contributed by atoms with E-state index in [9.17, 15) is 14.7 Å². The van der Waals surface area contributed by atoms with Crippen LogP contribution < -0.4 is 20.7 Å². The molecular formula is C24H26N4O4S. The van der Waals surface area contributed by atoms with E-state index >= 15 is 0 Å². The fourth-order valence-electron chi connectivity index (χ4n) is 4.54. The fourth-order valence-corrected chi connectivity index (χ4v) is 5.59. The van der Waals surface area contributed by atoms with Crippen LogP contribution in [0.3, 0.4) is 0 Å². The number of nitrogens with zero attached hydrogens (tertiary/aromatic N) is 2. The zero-order valence-corrected chi connectivity index (χ0v) is 19.2. The number of ether oxygens (including phenoxy) is 1. The van der Waals surface area contributed by atoms with Gasteiger partial charge >= 0.3 is 5.97 Å². The number of rotatable bonds is 4. The van der Waals surface area contributed by atoms with Gasteiger partial charge in [-0.3, -0.25) is 9.59 Å². The van der Waals surface area contributed by atoms with Gasteiger partial charge in [0.2, 0.25) is 0 Å². The maximum absolute atomic E-state index is 12.9. The highest BCUT2D eigenvalue weighted by molar-refractivity contribution is 7.21. The summed E-state index contributed by atoms with van der Waals surface area (Å²) < 4.78 is 5.99. The van der Waals surface area contributed by atoms with E-state index in [4.69, 9.17) is 10.5 Å². The number of carboxylic acid groups (broad SMARTS) is 1. The summed E-state index contributed by atoms with van der Waals surface area (Å²) in [6.07, 6.45) is 1.97. The summed E-state index contributed by atoms with van der Waals surface area (Å²) in [4.78, 5) is 32.0. The van der Waals surface area contributed by atoms with Crippen LogP contribution in [0.4, 0.5) is 11.4 Å². The zero-order chi connectivity index (χ0) is 23.1. The van der Waals surface area contributed by atoms with Gasteiger partial charge in [0.25, 0.3) is 5.91 Å². The Hall–Kier alpha value is -3.33. The van der Waals surface area contributed by atoms with Crippen molar-refractivity contribution in [3.05, 3.63) is 46.5 Å². The second-order valence-corrected chi connectivity index (χ2v) is 9.73. The molecular weight excluding hydrogens is 440 g/mol. The summed E-state index contributed by atoms with van der Waals surface area (Å²) in [6, 6.07) is 9.75. The fraction of sp³-hybridized carbons (Fsp3) is 0.375. The van der Waals surface area contributed by atoms with E-state index in [1.807, 2.05) is 37.3 Å². The lowest BCUT2D eigenvalue weighted by atomic mass is 9.96. The molecule has 1 amide bonds. The number of aromatic nitrogens is 1. The first kappa shape index (κ1) is 21.5. The minimum atomic E-state index is -0.708. The Bertz CT molecular complexity index is 1230. The Labute approximate surface area is 195 Å². The van der Waals surface area contributed by atoms with Gasteiger partial charge in [0.15, 0.2) is 0 Å². The lowest BCUT2D eigenvalue weighted by molar-refractivity contribution is -0.142. The van der Waals surface area contributed by atoms with E-state index in [-0.39, 0.29) is 17.9 Å². The average Bonchev–Trinajstić information content (AvgIpc) is 3.14. The third kappa shape index (κ3) is 4.20. The molecule has 5 rings (SSSR count). The molecule has 2 aromatic heterocycles. The number of hydrogen-bond acceptors (Lipinski definition) is 7. The summed E-state index contributed by atoms with van der Waals surface area (Å²) >= 11 is 1.31. The van der Waals surface area contributed by atoms with Crippen molar-refractivity contribution in [3.8, 4) is 5.75 Å². The summed E-state index contributed by atoms with van der Waals surface area (Å²) in [6.45, 7) is 3.74. The van der Waals surface area contributed by atoms with Crippen LogP contribution >= 0.6 is 11.3 Å². The Morgan fingerprint density at radius 2 is 2.03 bits per heavy atom. The molecule has 1 fully saturated rings. The largest absolute Gasteiger partial charge is 0.491 e. The molecule has 1 atom stereocenters. The number of nitrogens with two attached hydrogens (primary N) is 1. The molecule has 1 saturated heterocycles. The van der Waals surface area contributed by atoms with Crippen LogP contribution in [0.5, 0.6) is 5.75 Å². The second-order valence-electron chi connectivity index (χ2n) is 8.73. The number of carboxylic acids is 1. The molecule has 1 aromatic carbocycles. The second kappa shape index (κ2) is 8.55. The molecule has 4 N–H and O–H groups in total. The number of amides is 1. The SMILES string of the molecule is Cc1ccc2c(N)c(C(=O)N[C@H]3COc4cc(N5CCC(C(=O)O)CC5)ccc4C3)sc2n1. The number of hydrogen-bond donors (Lipinski definition) is 3. The van der Waals surface area contributed by atoms with Gasteiger partial charge in [-0.05, 0) is 49.9 Å². The van der Waals surface area contributed by atoms with Gasteiger partial charge in [0.05, 0.1) is 17.6 Å². The van der Waals surface area contributed by atoms with Gasteiger partial charge in [-0.25, -0.2) is 4.98 Å². The van der Waals surface area contributed by atoms with E-state index in [1.54, 1.807) is 0 Å². The smallest absolute Gasteiger partial charge is 0.306 e. The monoisotopic (exact) mass is 466 g/mol. The highest BCUT2D eigenvalue weighted by Gasteiger charge is 2.27. The van der Waals surface area contributed by atoms with Crippen LogP contribution in [0.1, 0.15) is 33.8 Å². The van der Waals surface area contributed by atoms with Crippen molar-refractivity contribution in [3.63, 3.8) is 0 Å². The van der Waals surface area contributed by atoms with Crippen LogP contribution in [0.25, 0.3) is 10.2 Å². The molecule has 3 aromatic rings. The van der Waals surface area contributed by atoms with Crippen LogP contribution in [0, 0.1) is 12.8 Å². The van der Waals surface area contributed by atoms with Crippen molar-refractivity contribution in [2.45, 2.75) is 32.2 Å². The Balaban J connectivity index is 1.25. The molecule has 0 saturated carbocycles. The molecule has 2 aliphatic heterocycles. The molecule has 0 unspecified atom stereocenters. The Morgan fingerprint density at radius 3 is 2.79 bits per heavy atom. The molecule has 0 radical (unpaired) electrons. The third-order valence-corrected chi connectivity index (χ3v) is 7.55. The first-order valence-corrected chi connectivity index (χ1v) is 11.9.